The van der Waals surface area contributed by atoms with Crippen molar-refractivity contribution in [2.75, 3.05) is 33.4 Å². The topological polar surface area (TPSA) is 92.7 Å². The number of nitrogens with two attached hydrogens (primary N) is 1. The normalized spacial score (nSPS) is 21.0. The van der Waals surface area contributed by atoms with Crippen LogP contribution in [0.3, 0.4) is 0 Å². The van der Waals surface area contributed by atoms with Gasteiger partial charge in [-0.1, -0.05) is 13.0 Å². The molecule has 2 rings (SSSR count). The summed E-state index contributed by atoms with van der Waals surface area (Å²) in [5, 5.41) is 10.7. The largest absolute Gasteiger partial charge is 0.338 e. The van der Waals surface area contributed by atoms with Gasteiger partial charge in [-0.3, -0.25) is 19.8 Å². The Labute approximate surface area is 144 Å². The smallest absolute Gasteiger partial charge is 0.304 e. The van der Waals surface area contributed by atoms with E-state index in [0.717, 1.165) is 12.1 Å². The summed E-state index contributed by atoms with van der Waals surface area (Å²) >= 11 is 0. The molecule has 2 N–H and O–H groups in total. The highest BCUT2D eigenvalue weighted by molar-refractivity contribution is 5.83. The number of nitro groups is 1. The number of nitro benzene ring substituents is 1. The Bertz CT molecular complexity index is 658. The van der Waals surface area contributed by atoms with Crippen LogP contribution >= 0.6 is 0 Å². The van der Waals surface area contributed by atoms with E-state index >= 15 is 0 Å². The molecule has 1 aliphatic heterocycles. The Kier molecular flexibility index (Phi) is 6.02. The van der Waals surface area contributed by atoms with Gasteiger partial charge in [0.15, 0.2) is 0 Å². The van der Waals surface area contributed by atoms with Crippen molar-refractivity contribution in [2.45, 2.75) is 24.9 Å². The second-order valence-electron chi connectivity index (χ2n) is 6.36. The Morgan fingerprint density at radius 3 is 2.72 bits per heavy atom. The minimum absolute atomic E-state index is 0.251. The van der Waals surface area contributed by atoms with Crippen LogP contribution in [0.1, 0.15) is 18.4 Å². The average Bonchev–Trinajstić information content (AvgIpc) is 2.59. The number of piperazine rings is 1. The van der Waals surface area contributed by atoms with Gasteiger partial charge >= 0.3 is 5.69 Å². The summed E-state index contributed by atoms with van der Waals surface area (Å²) < 4.78 is 26.8. The zero-order chi connectivity index (χ0) is 18.7. The maximum atomic E-state index is 13.8. The Morgan fingerprint density at radius 2 is 2.16 bits per heavy atom. The van der Waals surface area contributed by atoms with Gasteiger partial charge < -0.3 is 10.6 Å². The minimum Gasteiger partial charge on any atom is -0.338 e. The molecule has 9 heteroatoms. The molecule has 0 aliphatic carbocycles. The van der Waals surface area contributed by atoms with E-state index in [4.69, 9.17) is 5.73 Å². The Hall–Kier alpha value is -2.13. The van der Waals surface area contributed by atoms with Crippen LogP contribution in [0.5, 0.6) is 0 Å². The molecule has 0 bridgehead atoms. The van der Waals surface area contributed by atoms with Gasteiger partial charge in [-0.15, -0.1) is 0 Å². The van der Waals surface area contributed by atoms with Crippen LogP contribution in [-0.2, 0) is 4.79 Å². The maximum Gasteiger partial charge on any atom is 0.304 e. The number of carbonyl (C=O) groups excluding carboxylic acids is 1. The van der Waals surface area contributed by atoms with Crippen LogP contribution in [0.2, 0.25) is 0 Å². The third kappa shape index (κ3) is 4.10. The van der Waals surface area contributed by atoms with Crippen molar-refractivity contribution in [1.29, 1.82) is 0 Å². The van der Waals surface area contributed by atoms with Crippen LogP contribution < -0.4 is 5.73 Å². The summed E-state index contributed by atoms with van der Waals surface area (Å²) in [5.41, 5.74) is 5.82. The zero-order valence-corrected chi connectivity index (χ0v) is 14.2. The zero-order valence-electron chi connectivity index (χ0n) is 14.2. The first kappa shape index (κ1) is 19.2. The molecule has 1 aromatic rings. The van der Waals surface area contributed by atoms with Gasteiger partial charge in [-0.25, -0.2) is 4.39 Å². The van der Waals surface area contributed by atoms with Gasteiger partial charge in [0.05, 0.1) is 17.0 Å². The van der Waals surface area contributed by atoms with Crippen LogP contribution in [0.25, 0.3) is 0 Å². The summed E-state index contributed by atoms with van der Waals surface area (Å²) in [6, 6.07) is 2.19. The van der Waals surface area contributed by atoms with E-state index in [-0.39, 0.29) is 18.5 Å². The SMILES string of the molecule is C[C@@H](c1ccc([N+](=O)[O-])c(F)c1)[C@@H](N)C(=O)N1CCN(C)[C@@H](CF)C1. The molecule has 25 heavy (non-hydrogen) atoms. The highest BCUT2D eigenvalue weighted by Gasteiger charge is 2.32. The maximum absolute atomic E-state index is 13.8. The van der Waals surface area contributed by atoms with Crippen molar-refractivity contribution < 1.29 is 18.5 Å². The molecule has 3 atom stereocenters. The van der Waals surface area contributed by atoms with Crippen molar-refractivity contribution >= 4 is 11.6 Å². The molecule has 1 aliphatic rings. The van der Waals surface area contributed by atoms with E-state index < -0.39 is 35.1 Å². The number of alkyl halides is 1. The van der Waals surface area contributed by atoms with Crippen molar-refractivity contribution in [2.24, 2.45) is 5.73 Å². The molecule has 7 nitrogen and oxygen atoms in total. The van der Waals surface area contributed by atoms with E-state index in [1.807, 2.05) is 4.90 Å². The number of amides is 1. The van der Waals surface area contributed by atoms with Crippen LogP contribution in [0.4, 0.5) is 14.5 Å². The van der Waals surface area contributed by atoms with Crippen molar-refractivity contribution in [3.8, 4) is 0 Å². The van der Waals surface area contributed by atoms with Crippen molar-refractivity contribution in [3.63, 3.8) is 0 Å². The fourth-order valence-corrected chi connectivity index (χ4v) is 2.90. The predicted molar refractivity (Wildman–Crippen MR) is 88.4 cm³/mol. The molecule has 1 amide bonds. The second-order valence-corrected chi connectivity index (χ2v) is 6.36. The third-order valence-corrected chi connectivity index (χ3v) is 4.78. The Balaban J connectivity index is 2.11. The monoisotopic (exact) mass is 356 g/mol. The summed E-state index contributed by atoms with van der Waals surface area (Å²) in [6.45, 7) is 2.35. The van der Waals surface area contributed by atoms with Gasteiger partial charge in [-0.2, -0.15) is 4.39 Å². The molecule has 1 saturated heterocycles. The van der Waals surface area contributed by atoms with Crippen molar-refractivity contribution in [3.05, 3.63) is 39.7 Å². The molecule has 1 fully saturated rings. The Morgan fingerprint density at radius 1 is 1.48 bits per heavy atom. The lowest BCUT2D eigenvalue weighted by Crippen LogP contribution is -2.57. The second kappa shape index (κ2) is 7.83. The van der Waals surface area contributed by atoms with Gasteiger partial charge in [0, 0.05) is 31.6 Å². The fourth-order valence-electron chi connectivity index (χ4n) is 2.90. The number of hydrogen-bond donors (Lipinski definition) is 1. The van der Waals surface area contributed by atoms with E-state index in [1.54, 1.807) is 14.0 Å². The first-order valence-electron chi connectivity index (χ1n) is 8.00. The number of carbonyl (C=O) groups is 1. The lowest BCUT2D eigenvalue weighted by atomic mass is 9.92. The lowest BCUT2D eigenvalue weighted by molar-refractivity contribution is -0.387. The van der Waals surface area contributed by atoms with Crippen LogP contribution in [-0.4, -0.2) is 66.1 Å². The lowest BCUT2D eigenvalue weighted by Gasteiger charge is -2.39. The van der Waals surface area contributed by atoms with Crippen molar-refractivity contribution in [1.82, 2.24) is 9.80 Å². The molecule has 0 radical (unpaired) electrons. The minimum atomic E-state index is -0.967. The molecule has 0 aromatic heterocycles. The molecular weight excluding hydrogens is 334 g/mol. The van der Waals surface area contributed by atoms with E-state index in [9.17, 15) is 23.7 Å². The number of nitrogens with zero attached hydrogens (tertiary/aromatic N) is 3. The molecule has 1 heterocycles. The number of likely N-dealkylation sites (N-methyl/N-ethyl adjacent to an activating group) is 1. The standard InChI is InChI=1S/C16H22F2N4O3/c1-10(11-3-4-14(22(24)25)13(18)7-11)15(19)16(23)21-6-5-20(2)12(8-17)9-21/h3-4,7,10,12,15H,5-6,8-9,19H2,1-2H3/t10-,12-,15+/m0/s1. The third-order valence-electron chi connectivity index (χ3n) is 4.78. The van der Waals surface area contributed by atoms with Crippen LogP contribution in [0, 0.1) is 15.9 Å². The summed E-state index contributed by atoms with van der Waals surface area (Å²) in [6.07, 6.45) is 0. The average molecular weight is 356 g/mol. The van der Waals surface area contributed by atoms with Gasteiger partial charge in [0.25, 0.3) is 0 Å². The highest BCUT2D eigenvalue weighted by Crippen LogP contribution is 2.25. The summed E-state index contributed by atoms with van der Waals surface area (Å²) in [4.78, 5) is 25.8. The number of hydrogen-bond acceptors (Lipinski definition) is 5. The van der Waals surface area contributed by atoms with Gasteiger partial charge in [-0.05, 0) is 18.7 Å². The van der Waals surface area contributed by atoms with E-state index in [1.165, 1.54) is 11.0 Å². The number of rotatable bonds is 5. The first-order chi connectivity index (χ1) is 11.8. The molecule has 0 saturated carbocycles. The van der Waals surface area contributed by atoms with Gasteiger partial charge in [0.2, 0.25) is 11.7 Å². The summed E-state index contributed by atoms with van der Waals surface area (Å²) in [7, 11) is 1.80. The molecule has 0 unspecified atom stereocenters. The van der Waals surface area contributed by atoms with Crippen LogP contribution in [0.15, 0.2) is 18.2 Å². The van der Waals surface area contributed by atoms with E-state index in [2.05, 4.69) is 0 Å². The van der Waals surface area contributed by atoms with Gasteiger partial charge in [0.1, 0.15) is 6.67 Å². The fraction of sp³-hybridized carbons (Fsp3) is 0.562. The predicted octanol–water partition coefficient (Wildman–Crippen LogP) is 1.28. The quantitative estimate of drug-likeness (QED) is 0.634. The number of benzene rings is 1. The highest BCUT2D eigenvalue weighted by atomic mass is 19.1. The van der Waals surface area contributed by atoms with E-state index in [0.29, 0.717) is 18.7 Å². The molecular formula is C16H22F2N4O3. The summed E-state index contributed by atoms with van der Waals surface area (Å²) in [5.74, 6) is -1.84. The number of halogens is 2. The molecule has 1 aromatic carbocycles. The molecule has 0 spiro atoms. The molecule has 138 valence electrons. The first-order valence-corrected chi connectivity index (χ1v) is 8.00.